The van der Waals surface area contributed by atoms with Crippen molar-refractivity contribution in [3.05, 3.63) is 101 Å². The minimum Gasteiger partial charge on any atom is -0.508 e. The van der Waals surface area contributed by atoms with Gasteiger partial charge in [0.2, 0.25) is 5.75 Å². The van der Waals surface area contributed by atoms with Crippen molar-refractivity contribution in [1.82, 2.24) is 5.32 Å². The summed E-state index contributed by atoms with van der Waals surface area (Å²) in [6.07, 6.45) is 6.26. The van der Waals surface area contributed by atoms with Gasteiger partial charge in [-0.3, -0.25) is 4.79 Å². The lowest BCUT2D eigenvalue weighted by Gasteiger charge is -2.25. The molecule has 276 valence electrons. The number of hydrogen-bond acceptors (Lipinski definition) is 10. The summed E-state index contributed by atoms with van der Waals surface area (Å²) >= 11 is 0. The van der Waals surface area contributed by atoms with Crippen molar-refractivity contribution < 1.29 is 39.8 Å². The molecule has 4 aromatic carbocycles. The van der Waals surface area contributed by atoms with Crippen LogP contribution in [-0.4, -0.2) is 57.7 Å². The molecule has 7 N–H and O–H groups in total. The van der Waals surface area contributed by atoms with Crippen LogP contribution >= 0.6 is 0 Å². The van der Waals surface area contributed by atoms with E-state index in [4.69, 9.17) is 9.47 Å². The second-order valence-corrected chi connectivity index (χ2v) is 13.8. The number of aliphatic hydroxyl groups is 1. The number of methoxy groups -OCH3 is 1. The number of rotatable bonds is 18. The molecule has 2 atom stereocenters. The number of fused-ring (bicyclic) bond motifs is 1. The molecule has 0 radical (unpaired) electrons. The topological polar surface area (TPSA) is 161 Å². The lowest BCUT2D eigenvalue weighted by Crippen LogP contribution is -2.31. The SMILES string of the molecule is COc1cc(CC[C@@H](O)[C@@H](CC2=CCNC(Nc3ccc4cc(O)ccc4c3)=C2)C(=O)CCc2cc(O)c(O)c(OCCCC(C)C)c2)ccc1O. The van der Waals surface area contributed by atoms with Gasteiger partial charge >= 0.3 is 0 Å². The third kappa shape index (κ3) is 10.4. The van der Waals surface area contributed by atoms with Gasteiger partial charge in [0.1, 0.15) is 17.4 Å². The highest BCUT2D eigenvalue weighted by Gasteiger charge is 2.28. The normalized spacial score (nSPS) is 13.9. The van der Waals surface area contributed by atoms with Gasteiger partial charge in [0, 0.05) is 24.6 Å². The van der Waals surface area contributed by atoms with Crippen LogP contribution in [0.15, 0.2) is 90.3 Å². The van der Waals surface area contributed by atoms with Crippen LogP contribution in [-0.2, 0) is 17.6 Å². The quantitative estimate of drug-likeness (QED) is 0.0408. The van der Waals surface area contributed by atoms with Gasteiger partial charge < -0.3 is 45.6 Å². The van der Waals surface area contributed by atoms with Crippen molar-refractivity contribution in [2.45, 2.75) is 64.9 Å². The number of phenols is 4. The van der Waals surface area contributed by atoms with Gasteiger partial charge in [0.05, 0.1) is 19.8 Å². The number of ketones is 1. The molecule has 52 heavy (non-hydrogen) atoms. The molecular weight excluding hydrogens is 660 g/mol. The van der Waals surface area contributed by atoms with E-state index in [0.29, 0.717) is 49.6 Å². The number of ether oxygens (including phenoxy) is 2. The first-order valence-corrected chi connectivity index (χ1v) is 17.9. The molecule has 4 aromatic rings. The molecule has 0 bridgehead atoms. The molecule has 1 aliphatic rings. The van der Waals surface area contributed by atoms with Crippen molar-refractivity contribution in [3.8, 4) is 34.5 Å². The number of allylic oxidation sites excluding steroid dienone is 2. The van der Waals surface area contributed by atoms with Gasteiger partial charge in [-0.05, 0) is 127 Å². The first-order chi connectivity index (χ1) is 25.0. The van der Waals surface area contributed by atoms with Crippen LogP contribution in [0, 0.1) is 11.8 Å². The van der Waals surface area contributed by atoms with Crippen LogP contribution in [0.5, 0.6) is 34.5 Å². The molecule has 10 nitrogen and oxygen atoms in total. The number of aryl methyl sites for hydroxylation is 2. The molecule has 1 heterocycles. The van der Waals surface area contributed by atoms with E-state index in [2.05, 4.69) is 24.5 Å². The van der Waals surface area contributed by atoms with Crippen LogP contribution in [0.4, 0.5) is 5.69 Å². The van der Waals surface area contributed by atoms with E-state index >= 15 is 0 Å². The number of carbonyl (C=O) groups excluding carboxylic acids is 1. The van der Waals surface area contributed by atoms with E-state index < -0.39 is 12.0 Å². The van der Waals surface area contributed by atoms with E-state index in [1.165, 1.54) is 13.2 Å². The number of anilines is 1. The third-order valence-corrected chi connectivity index (χ3v) is 9.35. The zero-order valence-corrected chi connectivity index (χ0v) is 30.1. The Morgan fingerprint density at radius 3 is 2.42 bits per heavy atom. The molecule has 5 rings (SSSR count). The highest BCUT2D eigenvalue weighted by atomic mass is 16.5. The van der Waals surface area contributed by atoms with Gasteiger partial charge in [-0.2, -0.15) is 0 Å². The Labute approximate surface area is 305 Å². The maximum atomic E-state index is 14.0. The molecule has 0 amide bonds. The summed E-state index contributed by atoms with van der Waals surface area (Å²) in [5.41, 5.74) is 3.26. The average Bonchev–Trinajstić information content (AvgIpc) is 3.12. The van der Waals surface area contributed by atoms with Gasteiger partial charge in [-0.15, -0.1) is 0 Å². The van der Waals surface area contributed by atoms with Crippen LogP contribution in [0.1, 0.15) is 57.1 Å². The second kappa shape index (κ2) is 17.7. The van der Waals surface area contributed by atoms with Crippen molar-refractivity contribution in [3.63, 3.8) is 0 Å². The van der Waals surface area contributed by atoms with Crippen LogP contribution in [0.25, 0.3) is 10.8 Å². The third-order valence-electron chi connectivity index (χ3n) is 9.35. The molecule has 0 aromatic heterocycles. The van der Waals surface area contributed by atoms with E-state index in [9.17, 15) is 30.3 Å². The molecular formula is C42H50N2O8. The Kier molecular flexibility index (Phi) is 12.9. The molecule has 10 heteroatoms. The standard InChI is InChI=1S/C42H50N2O8/c1-26(2)5-4-18-52-40-22-28(20-38(49)42(40)50)8-14-36(47)34(35(46)13-6-27-7-15-37(48)39(21-27)51-3)19-29-16-17-43-41(23-29)44-32-11-9-31-25-33(45)12-10-30(31)24-32/h7,9-12,15-16,20-26,34-35,43-46,48-50H,4-6,8,13-14,17-19H2,1-3H3/t34-,35-/m1/s1. The summed E-state index contributed by atoms with van der Waals surface area (Å²) in [7, 11) is 1.48. The lowest BCUT2D eigenvalue weighted by atomic mass is 9.84. The number of carbonyl (C=O) groups is 1. The van der Waals surface area contributed by atoms with E-state index in [1.807, 2.05) is 36.4 Å². The Balaban J connectivity index is 1.30. The summed E-state index contributed by atoms with van der Waals surface area (Å²) in [6.45, 7) is 5.19. The minimum absolute atomic E-state index is 0.0290. The summed E-state index contributed by atoms with van der Waals surface area (Å²) < 4.78 is 11.0. The number of hydrogen-bond donors (Lipinski definition) is 7. The van der Waals surface area contributed by atoms with Crippen LogP contribution in [0.2, 0.25) is 0 Å². The summed E-state index contributed by atoms with van der Waals surface area (Å²) in [5, 5.41) is 60.8. The van der Waals surface area contributed by atoms with E-state index in [1.54, 1.807) is 36.4 Å². The summed E-state index contributed by atoms with van der Waals surface area (Å²) in [5.74, 6) is 0.576. The molecule has 0 spiro atoms. The highest BCUT2D eigenvalue weighted by Crippen LogP contribution is 2.37. The second-order valence-electron chi connectivity index (χ2n) is 13.8. The predicted molar refractivity (Wildman–Crippen MR) is 203 cm³/mol. The molecule has 0 unspecified atom stereocenters. The predicted octanol–water partition coefficient (Wildman–Crippen LogP) is 7.47. The first-order valence-electron chi connectivity index (χ1n) is 17.9. The van der Waals surface area contributed by atoms with E-state index in [0.717, 1.165) is 46.3 Å². The van der Waals surface area contributed by atoms with Gasteiger partial charge in [0.15, 0.2) is 23.0 Å². The summed E-state index contributed by atoms with van der Waals surface area (Å²) in [6, 6.07) is 19.2. The first kappa shape index (κ1) is 37.9. The maximum Gasteiger partial charge on any atom is 0.200 e. The zero-order chi connectivity index (χ0) is 37.2. The largest absolute Gasteiger partial charge is 0.508 e. The number of aromatic hydroxyl groups is 4. The maximum absolute atomic E-state index is 14.0. The summed E-state index contributed by atoms with van der Waals surface area (Å²) in [4.78, 5) is 14.0. The zero-order valence-electron chi connectivity index (χ0n) is 30.1. The van der Waals surface area contributed by atoms with Gasteiger partial charge in [0.25, 0.3) is 0 Å². The smallest absolute Gasteiger partial charge is 0.200 e. The highest BCUT2D eigenvalue weighted by molar-refractivity contribution is 5.87. The molecule has 1 aliphatic heterocycles. The number of phenolic OH excluding ortho intramolecular Hbond substituents is 4. The Hall–Kier alpha value is -5.35. The Bertz CT molecular complexity index is 1920. The fraction of sp³-hybridized carbons (Fsp3) is 0.357. The van der Waals surface area contributed by atoms with Crippen LogP contribution in [0.3, 0.4) is 0 Å². The minimum atomic E-state index is -0.960. The monoisotopic (exact) mass is 710 g/mol. The number of Topliss-reactive ketones (excluding diaryl/α,β-unsaturated/α-hetero) is 1. The molecule has 0 fully saturated rings. The molecule has 0 saturated carbocycles. The van der Waals surface area contributed by atoms with Crippen molar-refractivity contribution in [2.75, 3.05) is 25.6 Å². The Morgan fingerprint density at radius 1 is 0.865 bits per heavy atom. The number of nitrogens with one attached hydrogen (secondary N) is 2. The molecule has 0 aliphatic carbocycles. The van der Waals surface area contributed by atoms with Crippen LogP contribution < -0.4 is 20.1 Å². The van der Waals surface area contributed by atoms with Gasteiger partial charge in [-0.25, -0.2) is 0 Å². The fourth-order valence-corrected chi connectivity index (χ4v) is 6.42. The average molecular weight is 711 g/mol. The Morgan fingerprint density at radius 2 is 1.63 bits per heavy atom. The van der Waals surface area contributed by atoms with Crippen molar-refractivity contribution >= 4 is 22.2 Å². The van der Waals surface area contributed by atoms with E-state index in [-0.39, 0.29) is 47.4 Å². The van der Waals surface area contributed by atoms with Crippen molar-refractivity contribution in [2.24, 2.45) is 11.8 Å². The number of aliphatic hydroxyl groups excluding tert-OH is 1. The number of benzene rings is 4. The van der Waals surface area contributed by atoms with Crippen molar-refractivity contribution in [1.29, 1.82) is 0 Å². The lowest BCUT2D eigenvalue weighted by molar-refractivity contribution is -0.126. The molecule has 0 saturated heterocycles. The fourth-order valence-electron chi connectivity index (χ4n) is 6.42. The number of dihydropyridines is 1. The van der Waals surface area contributed by atoms with Gasteiger partial charge in [-0.1, -0.05) is 38.1 Å².